The summed E-state index contributed by atoms with van der Waals surface area (Å²) in [4.78, 5) is 45.2. The molecule has 0 saturated heterocycles. The number of nitrogens with two attached hydrogens (primary N) is 1. The Kier molecular flexibility index (Phi) is 5.26. The van der Waals surface area contributed by atoms with E-state index in [4.69, 9.17) is 5.73 Å². The molecule has 0 spiro atoms. The summed E-state index contributed by atoms with van der Waals surface area (Å²) < 4.78 is 0. The Morgan fingerprint density at radius 2 is 1.58 bits per heavy atom. The molecule has 0 aliphatic heterocycles. The Labute approximate surface area is 147 Å². The highest BCUT2D eigenvalue weighted by molar-refractivity contribution is 5.95. The SMILES string of the molecule is CN(Cc1cccc(C(N)=O)c1)C(=O)c1cc([N+](=O)[O-])cc([N+](=O)[O-])c1. The Morgan fingerprint density at radius 3 is 2.08 bits per heavy atom. The fourth-order valence-electron chi connectivity index (χ4n) is 2.32. The summed E-state index contributed by atoms with van der Waals surface area (Å²) in [5.41, 5.74) is 4.81. The summed E-state index contributed by atoms with van der Waals surface area (Å²) in [5, 5.41) is 21.9. The monoisotopic (exact) mass is 358 g/mol. The number of nitro benzene ring substituents is 2. The molecule has 0 saturated carbocycles. The standard InChI is InChI=1S/C16H14N4O6/c1-18(9-10-3-2-4-11(5-10)15(17)21)16(22)12-6-13(19(23)24)8-14(7-12)20(25)26/h2-8H,9H2,1H3,(H2,17,21). The summed E-state index contributed by atoms with van der Waals surface area (Å²) in [6, 6.07) is 9.06. The fraction of sp³-hybridized carbons (Fsp3) is 0.125. The van der Waals surface area contributed by atoms with Gasteiger partial charge in [-0.3, -0.25) is 29.8 Å². The molecular formula is C16H14N4O6. The maximum atomic E-state index is 12.5. The van der Waals surface area contributed by atoms with Gasteiger partial charge in [0.1, 0.15) is 0 Å². The average molecular weight is 358 g/mol. The van der Waals surface area contributed by atoms with Crippen LogP contribution in [0.1, 0.15) is 26.3 Å². The van der Waals surface area contributed by atoms with Crippen LogP contribution in [-0.2, 0) is 6.54 Å². The number of primary amides is 1. The smallest absolute Gasteiger partial charge is 0.277 e. The van der Waals surface area contributed by atoms with Gasteiger partial charge < -0.3 is 10.6 Å². The molecule has 0 unspecified atom stereocenters. The first kappa shape index (κ1) is 18.5. The number of carbonyl (C=O) groups is 2. The van der Waals surface area contributed by atoms with Crippen molar-refractivity contribution in [2.45, 2.75) is 6.54 Å². The van der Waals surface area contributed by atoms with Crippen molar-refractivity contribution in [3.63, 3.8) is 0 Å². The van der Waals surface area contributed by atoms with Crippen molar-refractivity contribution in [2.75, 3.05) is 7.05 Å². The van der Waals surface area contributed by atoms with E-state index in [1.54, 1.807) is 12.1 Å². The van der Waals surface area contributed by atoms with Crippen LogP contribution in [0.2, 0.25) is 0 Å². The third-order valence-electron chi connectivity index (χ3n) is 3.55. The molecule has 0 atom stereocenters. The van der Waals surface area contributed by atoms with E-state index in [2.05, 4.69) is 0 Å². The van der Waals surface area contributed by atoms with E-state index in [1.165, 1.54) is 24.1 Å². The molecule has 2 aromatic rings. The predicted octanol–water partition coefficient (Wildman–Crippen LogP) is 1.87. The molecule has 2 amide bonds. The van der Waals surface area contributed by atoms with E-state index < -0.39 is 33.0 Å². The second kappa shape index (κ2) is 7.38. The van der Waals surface area contributed by atoms with Crippen molar-refractivity contribution < 1.29 is 19.4 Å². The molecule has 26 heavy (non-hydrogen) atoms. The molecular weight excluding hydrogens is 344 g/mol. The van der Waals surface area contributed by atoms with Crippen LogP contribution in [0.3, 0.4) is 0 Å². The summed E-state index contributed by atoms with van der Waals surface area (Å²) >= 11 is 0. The minimum atomic E-state index is -0.805. The van der Waals surface area contributed by atoms with Crippen molar-refractivity contribution in [3.05, 3.63) is 79.4 Å². The number of nitro groups is 2. The van der Waals surface area contributed by atoms with Gasteiger partial charge in [-0.25, -0.2) is 0 Å². The van der Waals surface area contributed by atoms with Crippen LogP contribution in [0.5, 0.6) is 0 Å². The van der Waals surface area contributed by atoms with Gasteiger partial charge in [0.25, 0.3) is 17.3 Å². The molecule has 0 heterocycles. The van der Waals surface area contributed by atoms with Gasteiger partial charge in [-0.15, -0.1) is 0 Å². The van der Waals surface area contributed by atoms with Crippen molar-refractivity contribution in [1.29, 1.82) is 0 Å². The van der Waals surface area contributed by atoms with E-state index >= 15 is 0 Å². The minimum Gasteiger partial charge on any atom is -0.366 e. The lowest BCUT2D eigenvalue weighted by Gasteiger charge is -2.17. The van der Waals surface area contributed by atoms with E-state index in [0.29, 0.717) is 5.56 Å². The number of hydrogen-bond acceptors (Lipinski definition) is 6. The number of amides is 2. The third-order valence-corrected chi connectivity index (χ3v) is 3.55. The minimum absolute atomic E-state index is 0.0798. The van der Waals surface area contributed by atoms with Crippen LogP contribution in [0, 0.1) is 20.2 Å². The molecule has 134 valence electrons. The van der Waals surface area contributed by atoms with Gasteiger partial charge in [-0.1, -0.05) is 12.1 Å². The maximum Gasteiger partial charge on any atom is 0.277 e. The fourth-order valence-corrected chi connectivity index (χ4v) is 2.32. The first-order valence-electron chi connectivity index (χ1n) is 7.27. The quantitative estimate of drug-likeness (QED) is 0.615. The summed E-state index contributed by atoms with van der Waals surface area (Å²) in [6.45, 7) is 0.0798. The van der Waals surface area contributed by atoms with Gasteiger partial charge in [-0.05, 0) is 17.7 Å². The number of benzene rings is 2. The van der Waals surface area contributed by atoms with Crippen LogP contribution >= 0.6 is 0 Å². The lowest BCUT2D eigenvalue weighted by molar-refractivity contribution is -0.394. The second-order valence-electron chi connectivity index (χ2n) is 5.48. The molecule has 2 N–H and O–H groups in total. The molecule has 10 heteroatoms. The van der Waals surface area contributed by atoms with Crippen molar-refractivity contribution in [1.82, 2.24) is 4.90 Å². The zero-order chi connectivity index (χ0) is 19.4. The van der Waals surface area contributed by atoms with Gasteiger partial charge >= 0.3 is 0 Å². The van der Waals surface area contributed by atoms with Gasteiger partial charge in [0.15, 0.2) is 0 Å². The number of hydrogen-bond donors (Lipinski definition) is 1. The molecule has 0 aromatic heterocycles. The summed E-state index contributed by atoms with van der Waals surface area (Å²) in [5.74, 6) is -1.25. The number of carbonyl (C=O) groups excluding carboxylic acids is 2. The van der Waals surface area contributed by atoms with Gasteiger partial charge in [0, 0.05) is 31.3 Å². The Morgan fingerprint density at radius 1 is 1.00 bits per heavy atom. The normalized spacial score (nSPS) is 10.2. The third kappa shape index (κ3) is 4.17. The van der Waals surface area contributed by atoms with Crippen molar-refractivity contribution in [2.24, 2.45) is 5.73 Å². The van der Waals surface area contributed by atoms with E-state index in [9.17, 15) is 29.8 Å². The molecule has 0 radical (unpaired) electrons. The highest BCUT2D eigenvalue weighted by Gasteiger charge is 2.22. The Bertz CT molecular complexity index is 879. The van der Waals surface area contributed by atoms with Gasteiger partial charge in [0.05, 0.1) is 21.5 Å². The van der Waals surface area contributed by atoms with E-state index in [-0.39, 0.29) is 17.7 Å². The first-order chi connectivity index (χ1) is 12.2. The topological polar surface area (TPSA) is 150 Å². The van der Waals surface area contributed by atoms with E-state index in [1.807, 2.05) is 0 Å². The second-order valence-corrected chi connectivity index (χ2v) is 5.48. The zero-order valence-corrected chi connectivity index (χ0v) is 13.6. The number of non-ortho nitro benzene ring substituents is 2. The Hall–Kier alpha value is -3.82. The van der Waals surface area contributed by atoms with Crippen molar-refractivity contribution in [3.8, 4) is 0 Å². The lowest BCUT2D eigenvalue weighted by Crippen LogP contribution is -2.26. The largest absolute Gasteiger partial charge is 0.366 e. The highest BCUT2D eigenvalue weighted by atomic mass is 16.6. The zero-order valence-electron chi connectivity index (χ0n) is 13.6. The predicted molar refractivity (Wildman–Crippen MR) is 90.5 cm³/mol. The van der Waals surface area contributed by atoms with Crippen LogP contribution < -0.4 is 5.73 Å². The lowest BCUT2D eigenvalue weighted by atomic mass is 10.1. The number of rotatable bonds is 6. The molecule has 0 aliphatic carbocycles. The average Bonchev–Trinajstić information content (AvgIpc) is 2.60. The van der Waals surface area contributed by atoms with E-state index in [0.717, 1.165) is 18.2 Å². The summed E-state index contributed by atoms with van der Waals surface area (Å²) in [6.07, 6.45) is 0. The van der Waals surface area contributed by atoms with Gasteiger partial charge in [0.2, 0.25) is 5.91 Å². The van der Waals surface area contributed by atoms with Crippen molar-refractivity contribution >= 4 is 23.2 Å². The van der Waals surface area contributed by atoms with Crippen LogP contribution in [0.25, 0.3) is 0 Å². The van der Waals surface area contributed by atoms with Gasteiger partial charge in [-0.2, -0.15) is 0 Å². The van der Waals surface area contributed by atoms with Crippen LogP contribution in [0.4, 0.5) is 11.4 Å². The molecule has 0 fully saturated rings. The first-order valence-corrected chi connectivity index (χ1v) is 7.27. The van der Waals surface area contributed by atoms with Crippen LogP contribution in [0.15, 0.2) is 42.5 Å². The summed E-state index contributed by atoms with van der Waals surface area (Å²) in [7, 11) is 1.43. The molecule has 10 nitrogen and oxygen atoms in total. The Balaban J connectivity index is 2.30. The molecule has 0 aliphatic rings. The number of nitrogens with zero attached hydrogens (tertiary/aromatic N) is 3. The molecule has 0 bridgehead atoms. The highest BCUT2D eigenvalue weighted by Crippen LogP contribution is 2.23. The maximum absolute atomic E-state index is 12.5. The molecule has 2 aromatic carbocycles. The van der Waals surface area contributed by atoms with Crippen LogP contribution in [-0.4, -0.2) is 33.6 Å². The molecule has 2 rings (SSSR count).